The molecule has 2 atom stereocenters. The summed E-state index contributed by atoms with van der Waals surface area (Å²) in [6.45, 7) is 10.0. The Bertz CT molecular complexity index is 740. The van der Waals surface area contributed by atoms with Crippen molar-refractivity contribution in [3.05, 3.63) is 29.8 Å². The minimum atomic E-state index is -0.163. The number of hydrogen-bond donors (Lipinski definition) is 1. The highest BCUT2D eigenvalue weighted by Gasteiger charge is 2.41. The Balaban J connectivity index is 1.16. The van der Waals surface area contributed by atoms with Gasteiger partial charge in [0.25, 0.3) is 0 Å². The Hall–Kier alpha value is -2.08. The van der Waals surface area contributed by atoms with Crippen LogP contribution in [-0.2, 0) is 9.59 Å². The molecule has 0 aromatic heterocycles. The second-order valence-electron chi connectivity index (χ2n) is 9.04. The number of carbonyl (C=O) groups excluding carboxylic acids is 2. The summed E-state index contributed by atoms with van der Waals surface area (Å²) in [6.07, 6.45) is 3.54. The molecule has 1 aromatic rings. The normalized spacial score (nSPS) is 24.1. The molecule has 0 bridgehead atoms. The van der Waals surface area contributed by atoms with Crippen LogP contribution in [0.1, 0.15) is 38.2 Å². The first-order valence-corrected chi connectivity index (χ1v) is 11.1. The lowest BCUT2D eigenvalue weighted by atomic mass is 10.1. The molecule has 6 heteroatoms. The van der Waals surface area contributed by atoms with Gasteiger partial charge in [-0.2, -0.15) is 0 Å². The number of benzene rings is 1. The molecule has 1 aliphatic carbocycles. The van der Waals surface area contributed by atoms with Crippen molar-refractivity contribution in [3.63, 3.8) is 0 Å². The molecule has 4 rings (SSSR count). The quantitative estimate of drug-likeness (QED) is 0.764. The highest BCUT2D eigenvalue weighted by atomic mass is 16.2. The predicted molar refractivity (Wildman–Crippen MR) is 115 cm³/mol. The standard InChI is InChI=1S/C23H34N4O2/c1-17-4-3-5-21(14-17)26-12-10-25(11-13-26)9-8-18(2)24-23(29)19-15-22(28)27(16-19)20-6-7-20/h3-5,14,18-20H,6-13,15-16H2,1-2H3,(H,24,29). The third-order valence-electron chi connectivity index (χ3n) is 6.52. The summed E-state index contributed by atoms with van der Waals surface area (Å²) in [5, 5.41) is 3.15. The fourth-order valence-electron chi connectivity index (χ4n) is 4.51. The van der Waals surface area contributed by atoms with Crippen molar-refractivity contribution in [2.75, 3.05) is 44.2 Å². The topological polar surface area (TPSA) is 55.9 Å². The Labute approximate surface area is 174 Å². The van der Waals surface area contributed by atoms with E-state index in [0.717, 1.165) is 52.0 Å². The van der Waals surface area contributed by atoms with E-state index in [4.69, 9.17) is 0 Å². The first kappa shape index (κ1) is 20.2. The monoisotopic (exact) mass is 398 g/mol. The van der Waals surface area contributed by atoms with Crippen molar-refractivity contribution in [1.82, 2.24) is 15.1 Å². The minimum absolute atomic E-state index is 0.0540. The summed E-state index contributed by atoms with van der Waals surface area (Å²) in [5.41, 5.74) is 2.62. The van der Waals surface area contributed by atoms with Crippen molar-refractivity contribution in [2.24, 2.45) is 5.92 Å². The minimum Gasteiger partial charge on any atom is -0.369 e. The van der Waals surface area contributed by atoms with Crippen LogP contribution in [0.5, 0.6) is 0 Å². The van der Waals surface area contributed by atoms with Crippen molar-refractivity contribution in [2.45, 2.75) is 51.6 Å². The van der Waals surface area contributed by atoms with Gasteiger partial charge >= 0.3 is 0 Å². The van der Waals surface area contributed by atoms with Crippen molar-refractivity contribution in [3.8, 4) is 0 Å². The molecular weight excluding hydrogens is 364 g/mol. The van der Waals surface area contributed by atoms with Crippen LogP contribution < -0.4 is 10.2 Å². The first-order chi connectivity index (χ1) is 14.0. The molecule has 1 saturated carbocycles. The van der Waals surface area contributed by atoms with E-state index >= 15 is 0 Å². The number of nitrogens with zero attached hydrogens (tertiary/aromatic N) is 3. The zero-order valence-electron chi connectivity index (χ0n) is 17.8. The fourth-order valence-corrected chi connectivity index (χ4v) is 4.51. The molecule has 2 amide bonds. The third-order valence-corrected chi connectivity index (χ3v) is 6.52. The maximum Gasteiger partial charge on any atom is 0.225 e. The van der Waals surface area contributed by atoms with Crippen LogP contribution in [0.15, 0.2) is 24.3 Å². The van der Waals surface area contributed by atoms with E-state index in [1.54, 1.807) is 0 Å². The Morgan fingerprint density at radius 2 is 1.97 bits per heavy atom. The maximum absolute atomic E-state index is 12.6. The molecule has 2 heterocycles. The summed E-state index contributed by atoms with van der Waals surface area (Å²) < 4.78 is 0. The van der Waals surface area contributed by atoms with Crippen LogP contribution in [0.2, 0.25) is 0 Å². The van der Waals surface area contributed by atoms with E-state index in [2.05, 4.69) is 53.2 Å². The number of aryl methyl sites for hydroxylation is 1. The Kier molecular flexibility index (Phi) is 6.09. The van der Waals surface area contributed by atoms with Gasteiger partial charge in [-0.3, -0.25) is 14.5 Å². The van der Waals surface area contributed by atoms with Gasteiger partial charge < -0.3 is 15.1 Å². The van der Waals surface area contributed by atoms with Gasteiger partial charge in [0.2, 0.25) is 11.8 Å². The molecule has 3 aliphatic rings. The van der Waals surface area contributed by atoms with Gasteiger partial charge in [-0.25, -0.2) is 0 Å². The lowest BCUT2D eigenvalue weighted by Crippen LogP contribution is -2.48. The number of rotatable bonds is 7. The van der Waals surface area contributed by atoms with Crippen LogP contribution >= 0.6 is 0 Å². The van der Waals surface area contributed by atoms with Crippen molar-refractivity contribution in [1.29, 1.82) is 0 Å². The molecule has 2 saturated heterocycles. The molecular formula is C23H34N4O2. The summed E-state index contributed by atoms with van der Waals surface area (Å²) in [6, 6.07) is 9.27. The number of amides is 2. The van der Waals surface area contributed by atoms with Crippen LogP contribution in [0, 0.1) is 12.8 Å². The van der Waals surface area contributed by atoms with Crippen molar-refractivity contribution < 1.29 is 9.59 Å². The van der Waals surface area contributed by atoms with E-state index in [9.17, 15) is 9.59 Å². The molecule has 2 aliphatic heterocycles. The molecule has 1 aromatic carbocycles. The molecule has 29 heavy (non-hydrogen) atoms. The lowest BCUT2D eigenvalue weighted by molar-refractivity contribution is -0.129. The smallest absolute Gasteiger partial charge is 0.225 e. The van der Waals surface area contributed by atoms with Gasteiger partial charge in [-0.05, 0) is 50.8 Å². The third kappa shape index (κ3) is 5.10. The summed E-state index contributed by atoms with van der Waals surface area (Å²) >= 11 is 0. The zero-order valence-corrected chi connectivity index (χ0v) is 17.8. The highest BCUT2D eigenvalue weighted by molar-refractivity contribution is 5.89. The summed E-state index contributed by atoms with van der Waals surface area (Å²) in [7, 11) is 0. The number of nitrogens with one attached hydrogen (secondary N) is 1. The predicted octanol–water partition coefficient (Wildman–Crippen LogP) is 2.02. The van der Waals surface area contributed by atoms with E-state index in [1.807, 2.05) is 4.90 Å². The molecule has 6 nitrogen and oxygen atoms in total. The van der Waals surface area contributed by atoms with Crippen LogP contribution in [0.25, 0.3) is 0 Å². The molecule has 0 radical (unpaired) electrons. The highest BCUT2D eigenvalue weighted by Crippen LogP contribution is 2.32. The van der Waals surface area contributed by atoms with E-state index in [-0.39, 0.29) is 23.8 Å². The average molecular weight is 399 g/mol. The van der Waals surface area contributed by atoms with Crippen LogP contribution in [0.3, 0.4) is 0 Å². The fraction of sp³-hybridized carbons (Fsp3) is 0.652. The molecule has 3 fully saturated rings. The largest absolute Gasteiger partial charge is 0.369 e. The van der Waals surface area contributed by atoms with Crippen LogP contribution in [-0.4, -0.2) is 73.0 Å². The maximum atomic E-state index is 12.6. The van der Waals surface area contributed by atoms with Crippen LogP contribution in [0.4, 0.5) is 5.69 Å². The van der Waals surface area contributed by atoms with Gasteiger partial charge in [0, 0.05) is 63.5 Å². The van der Waals surface area contributed by atoms with E-state index in [1.165, 1.54) is 11.3 Å². The van der Waals surface area contributed by atoms with Crippen molar-refractivity contribution >= 4 is 17.5 Å². The summed E-state index contributed by atoms with van der Waals surface area (Å²) in [5.74, 6) is 0.0495. The Morgan fingerprint density at radius 3 is 2.66 bits per heavy atom. The van der Waals surface area contributed by atoms with E-state index < -0.39 is 0 Å². The zero-order chi connectivity index (χ0) is 20.4. The second kappa shape index (κ2) is 8.74. The molecule has 0 spiro atoms. The van der Waals surface area contributed by atoms with Gasteiger partial charge in [0.1, 0.15) is 0 Å². The lowest BCUT2D eigenvalue weighted by Gasteiger charge is -2.36. The number of anilines is 1. The number of piperazine rings is 1. The number of likely N-dealkylation sites (tertiary alicyclic amines) is 1. The summed E-state index contributed by atoms with van der Waals surface area (Å²) in [4.78, 5) is 31.5. The first-order valence-electron chi connectivity index (χ1n) is 11.1. The number of hydrogen-bond acceptors (Lipinski definition) is 4. The SMILES string of the molecule is Cc1cccc(N2CCN(CCC(C)NC(=O)C3CC(=O)N(C4CC4)C3)CC2)c1. The molecule has 1 N–H and O–H groups in total. The number of carbonyl (C=O) groups is 2. The van der Waals surface area contributed by atoms with Gasteiger partial charge in [0.15, 0.2) is 0 Å². The Morgan fingerprint density at radius 1 is 1.21 bits per heavy atom. The second-order valence-corrected chi connectivity index (χ2v) is 9.04. The average Bonchev–Trinajstić information content (AvgIpc) is 3.48. The molecule has 158 valence electrons. The van der Waals surface area contributed by atoms with Gasteiger partial charge in [-0.15, -0.1) is 0 Å². The van der Waals surface area contributed by atoms with Gasteiger partial charge in [0.05, 0.1) is 5.92 Å². The van der Waals surface area contributed by atoms with Gasteiger partial charge in [-0.1, -0.05) is 12.1 Å². The molecule has 2 unspecified atom stereocenters. The van der Waals surface area contributed by atoms with E-state index in [0.29, 0.717) is 19.0 Å².